The average Bonchev–Trinajstić information content (AvgIpc) is 1.63. The van der Waals surface area contributed by atoms with Crippen molar-refractivity contribution in [3.8, 4) is 10.4 Å². The van der Waals surface area contributed by atoms with Gasteiger partial charge in [-0.3, -0.25) is 44.0 Å². The SMILES string of the molecule is CC(C)(C)OC(=O)Nc1ccc(-c2cccs2)cc1CC(=O)c1ccc2c(c1)CC(=O)N2CCCN1CCOCC1.COC(=O)c1ccc2c(c1)CC(=O)C2.COC(=O)c1ccc2c(c1)CC(=O)N2CCCN1CCOCC1.O=C(O)c1ccc2c(c1)CC(=O)N2CCCN1CCOCC1. The number of hydrogen-bond acceptors (Lipinski definition) is 19. The van der Waals surface area contributed by atoms with Crippen molar-refractivity contribution in [2.24, 2.45) is 0 Å². The van der Waals surface area contributed by atoms with E-state index in [1.165, 1.54) is 14.2 Å². The Morgan fingerprint density at radius 2 is 0.930 bits per heavy atom. The molecule has 100 heavy (non-hydrogen) atoms. The number of carbonyl (C=O) groups is 9. The highest BCUT2D eigenvalue weighted by Crippen LogP contribution is 2.35. The maximum Gasteiger partial charge on any atom is 0.412 e. The number of carboxylic acids is 1. The van der Waals surface area contributed by atoms with Crippen LogP contribution in [0.1, 0.15) is 115 Å². The molecule has 530 valence electrons. The standard InChI is InChI=1S/C32H37N3O5S.C17H22N2O4.C16H20N2O4.C11H10O3/c1-32(2,3)40-31(38)33-26-9-7-23(29-6-4-17-41-29)19-24(26)20-28(36)22-8-10-27-25(18-22)21-30(37)35(27)12-5-11-34-13-15-39-16-14-34;1-22-17(21)13-3-4-15-14(11-13)12-16(20)19(15)6-2-5-18-7-9-23-10-8-18;19-15-11-13-10-12(16(20)21)2-3-14(13)18(15)5-1-4-17-6-8-22-9-7-17;1-14-11(13)8-3-2-7-5-10(12)6-9(7)4-8/h4,6-10,17-19H,5,11-16,20-21H2,1-3H3,(H,33,38);3-4,11H,2,5-10,12H2,1H3;2-3,10H,1,4-9,11H2,(H,20,21);2-4H,5-6H2,1H3. The van der Waals surface area contributed by atoms with Gasteiger partial charge < -0.3 is 48.2 Å². The number of ether oxygens (including phenoxy) is 6. The van der Waals surface area contributed by atoms with Gasteiger partial charge in [-0.05, 0) is 169 Å². The van der Waals surface area contributed by atoms with Crippen molar-refractivity contribution in [3.05, 3.63) is 164 Å². The predicted molar refractivity (Wildman–Crippen MR) is 379 cm³/mol. The van der Waals surface area contributed by atoms with Crippen LogP contribution >= 0.6 is 11.3 Å². The Kier molecular flexibility index (Phi) is 25.7. The molecule has 2 N–H and O–H groups in total. The van der Waals surface area contributed by atoms with Crippen LogP contribution in [-0.4, -0.2) is 211 Å². The van der Waals surface area contributed by atoms with Gasteiger partial charge in [-0.2, -0.15) is 0 Å². The number of hydrogen-bond donors (Lipinski definition) is 2. The smallest absolute Gasteiger partial charge is 0.412 e. The highest BCUT2D eigenvalue weighted by Gasteiger charge is 2.32. The number of morpholine rings is 3. The van der Waals surface area contributed by atoms with Crippen LogP contribution in [0.5, 0.6) is 0 Å². The number of benzene rings is 5. The monoisotopic (exact) mass is 1390 g/mol. The number of anilines is 4. The van der Waals surface area contributed by atoms with Gasteiger partial charge in [0.2, 0.25) is 17.7 Å². The lowest BCUT2D eigenvalue weighted by Gasteiger charge is -2.27. The summed E-state index contributed by atoms with van der Waals surface area (Å²) in [6.07, 6.45) is 4.16. The first-order valence-electron chi connectivity index (χ1n) is 34.1. The highest BCUT2D eigenvalue weighted by atomic mass is 32.1. The van der Waals surface area contributed by atoms with E-state index in [4.69, 9.17) is 28.8 Å². The van der Waals surface area contributed by atoms with E-state index in [1.54, 1.807) is 85.5 Å². The largest absolute Gasteiger partial charge is 0.478 e. The zero-order chi connectivity index (χ0) is 70.9. The Balaban J connectivity index is 0.000000156. The van der Waals surface area contributed by atoms with E-state index in [0.29, 0.717) is 79.7 Å². The number of nitrogens with one attached hydrogen (secondary N) is 1. The summed E-state index contributed by atoms with van der Waals surface area (Å²) in [7, 11) is 2.71. The molecule has 6 aromatic rings. The molecule has 0 saturated carbocycles. The summed E-state index contributed by atoms with van der Waals surface area (Å²) < 4.78 is 30.8. The number of carboxylic acid groups (broad SMARTS) is 1. The van der Waals surface area contributed by atoms with Crippen LogP contribution in [0.15, 0.2) is 109 Å². The van der Waals surface area contributed by atoms with Crippen molar-refractivity contribution in [3.63, 3.8) is 0 Å². The van der Waals surface area contributed by atoms with Gasteiger partial charge in [-0.25, -0.2) is 19.2 Å². The van der Waals surface area contributed by atoms with Gasteiger partial charge in [0.1, 0.15) is 11.4 Å². The Morgan fingerprint density at radius 3 is 1.38 bits per heavy atom. The number of carbonyl (C=O) groups excluding carboxylic acids is 8. The minimum Gasteiger partial charge on any atom is -0.478 e. The number of Topliss-reactive ketones (excluding diaryl/α,β-unsaturated/α-hetero) is 2. The van der Waals surface area contributed by atoms with Crippen LogP contribution in [0.4, 0.5) is 27.5 Å². The molecule has 1 aliphatic carbocycles. The van der Waals surface area contributed by atoms with Crippen molar-refractivity contribution >= 4 is 87.4 Å². The first-order chi connectivity index (χ1) is 48.2. The zero-order valence-corrected chi connectivity index (χ0v) is 58.5. The number of amides is 4. The molecule has 24 heteroatoms. The van der Waals surface area contributed by atoms with E-state index in [1.807, 2.05) is 69.8 Å². The second-order valence-corrected chi connectivity index (χ2v) is 27.3. The molecule has 3 saturated heterocycles. The molecule has 0 unspecified atom stereocenters. The van der Waals surface area contributed by atoms with Crippen molar-refractivity contribution < 1.29 is 76.7 Å². The van der Waals surface area contributed by atoms with Gasteiger partial charge in [0.15, 0.2) is 5.78 Å². The fourth-order valence-corrected chi connectivity index (χ4v) is 13.8. The van der Waals surface area contributed by atoms with Crippen LogP contribution in [0.25, 0.3) is 10.4 Å². The minimum atomic E-state index is -0.957. The number of aromatic carboxylic acids is 1. The average molecular weight is 1390 g/mol. The first kappa shape index (κ1) is 73.7. The lowest BCUT2D eigenvalue weighted by Crippen LogP contribution is -2.38. The molecule has 0 bridgehead atoms. The van der Waals surface area contributed by atoms with Crippen LogP contribution < -0.4 is 20.0 Å². The van der Waals surface area contributed by atoms with Crippen LogP contribution in [0, 0.1) is 0 Å². The van der Waals surface area contributed by atoms with E-state index in [-0.39, 0.29) is 53.2 Å². The van der Waals surface area contributed by atoms with Gasteiger partial charge >= 0.3 is 24.0 Å². The number of methoxy groups -OCH3 is 2. The molecule has 5 aromatic carbocycles. The normalized spacial score (nSPS) is 16.6. The van der Waals surface area contributed by atoms with E-state index >= 15 is 0 Å². The summed E-state index contributed by atoms with van der Waals surface area (Å²) >= 11 is 1.61. The third-order valence-corrected chi connectivity index (χ3v) is 19.1. The van der Waals surface area contributed by atoms with Crippen molar-refractivity contribution in [2.75, 3.05) is 152 Å². The third kappa shape index (κ3) is 19.9. The van der Waals surface area contributed by atoms with Gasteiger partial charge in [-0.15, -0.1) is 11.3 Å². The second-order valence-electron chi connectivity index (χ2n) is 26.4. The fourth-order valence-electron chi connectivity index (χ4n) is 13.1. The van der Waals surface area contributed by atoms with Gasteiger partial charge in [0, 0.05) is 131 Å². The number of nitrogens with zero attached hydrogens (tertiary/aromatic N) is 6. The molecular formula is C76H89N7O16S. The molecule has 1 aromatic heterocycles. The van der Waals surface area contributed by atoms with E-state index in [9.17, 15) is 43.2 Å². The molecule has 6 aliphatic heterocycles. The Labute approximate surface area is 587 Å². The number of rotatable bonds is 20. The molecule has 7 heterocycles. The molecule has 4 amide bonds. The molecule has 0 radical (unpaired) electrons. The molecule has 3 fully saturated rings. The molecule has 0 atom stereocenters. The fraction of sp³-hybridized carbons (Fsp3) is 0.434. The summed E-state index contributed by atoms with van der Waals surface area (Å²) in [5.41, 5.74) is 10.6. The second kappa shape index (κ2) is 34.9. The number of fused-ring (bicyclic) bond motifs is 4. The Morgan fingerprint density at radius 1 is 0.500 bits per heavy atom. The predicted octanol–water partition coefficient (Wildman–Crippen LogP) is 9.02. The highest BCUT2D eigenvalue weighted by molar-refractivity contribution is 7.13. The van der Waals surface area contributed by atoms with Gasteiger partial charge in [0.05, 0.1) is 89.8 Å². The molecular weight excluding hydrogens is 1300 g/mol. The topological polar surface area (TPSA) is 261 Å². The van der Waals surface area contributed by atoms with Crippen LogP contribution in [-0.2, 0) is 86.1 Å². The number of ketones is 2. The maximum absolute atomic E-state index is 13.5. The summed E-state index contributed by atoms with van der Waals surface area (Å²) in [5, 5.41) is 13.8. The van der Waals surface area contributed by atoms with Crippen LogP contribution in [0.3, 0.4) is 0 Å². The van der Waals surface area contributed by atoms with Gasteiger partial charge in [0.25, 0.3) is 0 Å². The summed E-state index contributed by atoms with van der Waals surface area (Å²) in [6, 6.07) is 30.8. The van der Waals surface area contributed by atoms with Crippen molar-refractivity contribution in [2.45, 2.75) is 84.2 Å². The molecule has 7 aliphatic rings. The molecule has 13 rings (SSSR count). The van der Waals surface area contributed by atoms with E-state index in [0.717, 1.165) is 173 Å². The maximum atomic E-state index is 13.5. The molecule has 0 spiro atoms. The summed E-state index contributed by atoms with van der Waals surface area (Å²) in [4.78, 5) is 122. The Hall–Kier alpha value is -9.01. The zero-order valence-electron chi connectivity index (χ0n) is 57.6. The third-order valence-electron chi connectivity index (χ3n) is 18.2. The first-order valence-corrected chi connectivity index (χ1v) is 35.0. The number of esters is 2. The van der Waals surface area contributed by atoms with E-state index < -0.39 is 17.7 Å². The van der Waals surface area contributed by atoms with Crippen molar-refractivity contribution in [1.82, 2.24) is 14.7 Å². The molecule has 23 nitrogen and oxygen atoms in total. The van der Waals surface area contributed by atoms with Gasteiger partial charge in [-0.1, -0.05) is 18.2 Å². The summed E-state index contributed by atoms with van der Waals surface area (Å²) in [5.74, 6) is -1.33. The van der Waals surface area contributed by atoms with Crippen LogP contribution in [0.2, 0.25) is 0 Å². The Bertz CT molecular complexity index is 3950. The van der Waals surface area contributed by atoms with Crippen molar-refractivity contribution in [1.29, 1.82) is 0 Å². The lowest BCUT2D eigenvalue weighted by molar-refractivity contribution is -0.118. The minimum absolute atomic E-state index is 0.0551. The lowest BCUT2D eigenvalue weighted by atomic mass is 9.97. The number of thiophene rings is 1. The van der Waals surface area contributed by atoms with E-state index in [2.05, 4.69) is 24.8 Å². The quantitative estimate of drug-likeness (QED) is 0.0410. The summed E-state index contributed by atoms with van der Waals surface area (Å²) in [6.45, 7) is 20.7.